The van der Waals surface area contributed by atoms with E-state index in [1.807, 2.05) is 0 Å². The number of nitrogens with two attached hydrogens (primary N) is 1. The normalized spacial score (nSPS) is 11.7. The molecule has 0 aliphatic carbocycles. The van der Waals surface area contributed by atoms with E-state index >= 15 is 0 Å². The smallest absolute Gasteiger partial charge is 0.326 e. The summed E-state index contributed by atoms with van der Waals surface area (Å²) >= 11 is 0. The molecular formula is C12H23N3O5. The molecule has 1 atom stereocenters. The molecule has 0 aromatic rings. The molecule has 0 aromatic heterocycles. The van der Waals surface area contributed by atoms with Crippen LogP contribution in [0.2, 0.25) is 0 Å². The molecule has 3 amide bonds. The number of unbranched alkanes of at least 4 members (excludes halogenated alkanes) is 1. The quantitative estimate of drug-likeness (QED) is 0.392. The molecule has 0 saturated heterocycles. The predicted molar refractivity (Wildman–Crippen MR) is 72.1 cm³/mol. The summed E-state index contributed by atoms with van der Waals surface area (Å²) in [5.74, 6) is -2.09. The molecule has 0 aliphatic rings. The van der Waals surface area contributed by atoms with Crippen molar-refractivity contribution in [1.29, 1.82) is 0 Å². The van der Waals surface area contributed by atoms with E-state index in [4.69, 9.17) is 15.6 Å². The number of aliphatic carboxylic acids is 1. The number of urea groups is 1. The summed E-state index contributed by atoms with van der Waals surface area (Å²) in [5.41, 5.74) is 4.90. The van der Waals surface area contributed by atoms with Gasteiger partial charge in [-0.05, 0) is 12.8 Å². The lowest BCUT2D eigenvalue weighted by molar-refractivity contribution is -0.140. The Morgan fingerprint density at radius 2 is 1.90 bits per heavy atom. The molecule has 116 valence electrons. The number of carbonyl (C=O) groups is 3. The van der Waals surface area contributed by atoms with Crippen LogP contribution in [0.4, 0.5) is 4.79 Å². The minimum absolute atomic E-state index is 0.362. The summed E-state index contributed by atoms with van der Waals surface area (Å²) in [7, 11) is 0. The van der Waals surface area contributed by atoms with Gasteiger partial charge in [-0.2, -0.15) is 0 Å². The zero-order chi connectivity index (χ0) is 15.4. The number of carbonyl (C=O) groups excluding carboxylic acids is 2. The molecule has 0 rings (SSSR count). The Kier molecular flexibility index (Phi) is 10.0. The molecule has 0 spiro atoms. The monoisotopic (exact) mass is 289 g/mol. The molecule has 0 saturated carbocycles. The second kappa shape index (κ2) is 11.0. The highest BCUT2D eigenvalue weighted by Gasteiger charge is 2.21. The van der Waals surface area contributed by atoms with Crippen LogP contribution in [0.3, 0.4) is 0 Å². The van der Waals surface area contributed by atoms with Crippen molar-refractivity contribution in [2.24, 2.45) is 5.73 Å². The first-order valence-corrected chi connectivity index (χ1v) is 6.60. The third-order valence-electron chi connectivity index (χ3n) is 2.40. The maximum Gasteiger partial charge on any atom is 0.326 e. The van der Waals surface area contributed by atoms with E-state index in [0.717, 1.165) is 12.8 Å². The SMILES string of the molecule is CCCCOCCCNC(=O)NC(CC(N)=O)C(=O)O. The number of carboxylic acid groups (broad SMARTS) is 1. The highest BCUT2D eigenvalue weighted by molar-refractivity contribution is 5.87. The predicted octanol–water partition coefficient (Wildman–Crippen LogP) is -0.179. The van der Waals surface area contributed by atoms with Crippen molar-refractivity contribution < 1.29 is 24.2 Å². The van der Waals surface area contributed by atoms with Gasteiger partial charge < -0.3 is 26.2 Å². The molecule has 5 N–H and O–H groups in total. The fourth-order valence-corrected chi connectivity index (χ4v) is 1.34. The van der Waals surface area contributed by atoms with Gasteiger partial charge >= 0.3 is 12.0 Å². The van der Waals surface area contributed by atoms with Crippen molar-refractivity contribution >= 4 is 17.9 Å². The first kappa shape index (κ1) is 18.2. The Morgan fingerprint density at radius 3 is 2.45 bits per heavy atom. The lowest BCUT2D eigenvalue weighted by Crippen LogP contribution is -2.47. The average Bonchev–Trinajstić information content (AvgIpc) is 2.36. The number of nitrogens with one attached hydrogen (secondary N) is 2. The van der Waals surface area contributed by atoms with Crippen molar-refractivity contribution in [3.63, 3.8) is 0 Å². The minimum atomic E-state index is -1.31. The molecule has 0 bridgehead atoms. The fourth-order valence-electron chi connectivity index (χ4n) is 1.34. The first-order chi connectivity index (χ1) is 9.47. The van der Waals surface area contributed by atoms with E-state index in [1.54, 1.807) is 0 Å². The number of hydrogen-bond acceptors (Lipinski definition) is 4. The van der Waals surface area contributed by atoms with E-state index in [1.165, 1.54) is 0 Å². The van der Waals surface area contributed by atoms with Crippen LogP contribution in [0.15, 0.2) is 0 Å². The molecule has 0 aliphatic heterocycles. The van der Waals surface area contributed by atoms with Crippen LogP contribution >= 0.6 is 0 Å². The van der Waals surface area contributed by atoms with Crippen LogP contribution < -0.4 is 16.4 Å². The van der Waals surface area contributed by atoms with Crippen LogP contribution in [-0.4, -0.2) is 48.8 Å². The zero-order valence-electron chi connectivity index (χ0n) is 11.7. The van der Waals surface area contributed by atoms with Crippen molar-refractivity contribution in [3.05, 3.63) is 0 Å². The lowest BCUT2D eigenvalue weighted by atomic mass is 10.2. The molecule has 0 heterocycles. The number of carboxylic acids is 1. The van der Waals surface area contributed by atoms with E-state index in [-0.39, 0.29) is 0 Å². The maximum absolute atomic E-state index is 11.4. The second-order valence-electron chi connectivity index (χ2n) is 4.28. The molecular weight excluding hydrogens is 266 g/mol. The van der Waals surface area contributed by atoms with Gasteiger partial charge in [-0.25, -0.2) is 9.59 Å². The van der Waals surface area contributed by atoms with Gasteiger partial charge in [-0.1, -0.05) is 13.3 Å². The van der Waals surface area contributed by atoms with Crippen molar-refractivity contribution in [2.75, 3.05) is 19.8 Å². The van der Waals surface area contributed by atoms with Gasteiger partial charge in [-0.3, -0.25) is 4.79 Å². The molecule has 0 aromatic carbocycles. The van der Waals surface area contributed by atoms with E-state index < -0.39 is 30.4 Å². The zero-order valence-corrected chi connectivity index (χ0v) is 11.7. The Balaban J connectivity index is 3.75. The minimum Gasteiger partial charge on any atom is -0.480 e. The van der Waals surface area contributed by atoms with Gasteiger partial charge in [0, 0.05) is 19.8 Å². The Bertz CT molecular complexity index is 322. The van der Waals surface area contributed by atoms with Gasteiger partial charge in [0.1, 0.15) is 6.04 Å². The molecule has 20 heavy (non-hydrogen) atoms. The fraction of sp³-hybridized carbons (Fsp3) is 0.750. The molecule has 0 radical (unpaired) electrons. The van der Waals surface area contributed by atoms with Gasteiger partial charge in [0.2, 0.25) is 5.91 Å². The van der Waals surface area contributed by atoms with Gasteiger partial charge in [0.15, 0.2) is 0 Å². The summed E-state index contributed by atoms with van der Waals surface area (Å²) < 4.78 is 5.30. The van der Waals surface area contributed by atoms with Crippen LogP contribution in [0.25, 0.3) is 0 Å². The molecule has 1 unspecified atom stereocenters. The second-order valence-corrected chi connectivity index (χ2v) is 4.28. The van der Waals surface area contributed by atoms with Gasteiger partial charge in [0.05, 0.1) is 6.42 Å². The van der Waals surface area contributed by atoms with Gasteiger partial charge in [-0.15, -0.1) is 0 Å². The topological polar surface area (TPSA) is 131 Å². The Morgan fingerprint density at radius 1 is 1.25 bits per heavy atom. The number of ether oxygens (including phenoxy) is 1. The Hall–Kier alpha value is -1.83. The Labute approximate surface area is 118 Å². The van der Waals surface area contributed by atoms with Crippen LogP contribution in [0.1, 0.15) is 32.6 Å². The van der Waals surface area contributed by atoms with E-state index in [0.29, 0.717) is 26.2 Å². The maximum atomic E-state index is 11.4. The van der Waals surface area contributed by atoms with Crippen molar-refractivity contribution in [2.45, 2.75) is 38.6 Å². The molecule has 8 nitrogen and oxygen atoms in total. The van der Waals surface area contributed by atoms with Crippen LogP contribution in [0, 0.1) is 0 Å². The standard InChI is InChI=1S/C12H23N3O5/c1-2-3-6-20-7-4-5-14-12(19)15-9(11(17)18)8-10(13)16/h9H,2-8H2,1H3,(H2,13,16)(H,17,18)(H2,14,15,19). The van der Waals surface area contributed by atoms with Crippen molar-refractivity contribution in [3.8, 4) is 0 Å². The number of primary amides is 1. The molecule has 8 heteroatoms. The van der Waals surface area contributed by atoms with E-state index in [9.17, 15) is 14.4 Å². The first-order valence-electron chi connectivity index (χ1n) is 6.60. The summed E-state index contributed by atoms with van der Waals surface area (Å²) in [6.45, 7) is 3.66. The number of hydrogen-bond donors (Lipinski definition) is 4. The highest BCUT2D eigenvalue weighted by atomic mass is 16.5. The third kappa shape index (κ3) is 10.1. The van der Waals surface area contributed by atoms with Gasteiger partial charge in [0.25, 0.3) is 0 Å². The summed E-state index contributed by atoms with van der Waals surface area (Å²) in [5, 5.41) is 13.4. The number of rotatable bonds is 11. The van der Waals surface area contributed by atoms with Crippen LogP contribution in [-0.2, 0) is 14.3 Å². The van der Waals surface area contributed by atoms with Crippen LogP contribution in [0.5, 0.6) is 0 Å². The summed E-state index contributed by atoms with van der Waals surface area (Å²) in [6, 6.07) is -1.96. The average molecular weight is 289 g/mol. The largest absolute Gasteiger partial charge is 0.480 e. The summed E-state index contributed by atoms with van der Waals surface area (Å²) in [6.07, 6.45) is 2.26. The van der Waals surface area contributed by atoms with Crippen molar-refractivity contribution in [1.82, 2.24) is 10.6 Å². The lowest BCUT2D eigenvalue weighted by Gasteiger charge is -2.13. The molecule has 0 fully saturated rings. The third-order valence-corrected chi connectivity index (χ3v) is 2.40. The van der Waals surface area contributed by atoms with E-state index in [2.05, 4.69) is 17.6 Å². The highest BCUT2D eigenvalue weighted by Crippen LogP contribution is 1.92. The summed E-state index contributed by atoms with van der Waals surface area (Å²) in [4.78, 5) is 32.8. The number of amides is 3.